The van der Waals surface area contributed by atoms with E-state index in [4.69, 9.17) is 5.11 Å². The fraction of sp³-hybridized carbons (Fsp3) is 0.632. The summed E-state index contributed by atoms with van der Waals surface area (Å²) >= 11 is 0. The second kappa shape index (κ2) is 9.04. The molecule has 0 bridgehead atoms. The van der Waals surface area contributed by atoms with E-state index in [9.17, 15) is 4.79 Å². The normalized spacial score (nSPS) is 17.0. The van der Waals surface area contributed by atoms with Gasteiger partial charge in [-0.25, -0.2) is 0 Å². The number of hydrogen-bond acceptors (Lipinski definition) is 3. The number of carboxylic acids is 1. The predicted molar refractivity (Wildman–Crippen MR) is 93.4 cm³/mol. The highest BCUT2D eigenvalue weighted by atomic mass is 16.4. The third-order valence-electron chi connectivity index (χ3n) is 4.85. The van der Waals surface area contributed by atoms with Gasteiger partial charge in [0, 0.05) is 12.6 Å². The van der Waals surface area contributed by atoms with Crippen molar-refractivity contribution >= 4 is 5.97 Å². The van der Waals surface area contributed by atoms with Gasteiger partial charge >= 0.3 is 5.97 Å². The van der Waals surface area contributed by atoms with Crippen LogP contribution >= 0.6 is 0 Å². The lowest BCUT2D eigenvalue weighted by Gasteiger charge is -2.33. The van der Waals surface area contributed by atoms with Gasteiger partial charge in [0.25, 0.3) is 0 Å². The number of carboxylic acid groups (broad SMARTS) is 1. The van der Waals surface area contributed by atoms with Gasteiger partial charge in [-0.2, -0.15) is 0 Å². The molecule has 0 radical (unpaired) electrons. The van der Waals surface area contributed by atoms with Crippen LogP contribution in [0.5, 0.6) is 0 Å². The van der Waals surface area contributed by atoms with Crippen molar-refractivity contribution in [1.29, 1.82) is 0 Å². The third kappa shape index (κ3) is 6.32. The van der Waals surface area contributed by atoms with E-state index in [0.29, 0.717) is 6.04 Å². The summed E-state index contributed by atoms with van der Waals surface area (Å²) in [6.07, 6.45) is 3.47. The van der Waals surface area contributed by atoms with E-state index in [1.807, 2.05) is 0 Å². The zero-order chi connectivity index (χ0) is 16.7. The summed E-state index contributed by atoms with van der Waals surface area (Å²) in [6, 6.07) is 11.2. The fourth-order valence-electron chi connectivity index (χ4n) is 3.31. The van der Waals surface area contributed by atoms with Gasteiger partial charge in [0.05, 0.1) is 6.54 Å². The fourth-order valence-corrected chi connectivity index (χ4v) is 3.31. The third-order valence-corrected chi connectivity index (χ3v) is 4.85. The molecule has 0 amide bonds. The molecule has 1 aliphatic heterocycles. The lowest BCUT2D eigenvalue weighted by atomic mass is 9.93. The molecule has 0 spiro atoms. The van der Waals surface area contributed by atoms with Crippen molar-refractivity contribution in [2.24, 2.45) is 5.92 Å². The van der Waals surface area contributed by atoms with Gasteiger partial charge in [-0.3, -0.25) is 14.6 Å². The highest BCUT2D eigenvalue weighted by Crippen LogP contribution is 2.21. The molecule has 2 rings (SSSR count). The molecule has 1 aromatic carbocycles. The van der Waals surface area contributed by atoms with Crippen molar-refractivity contribution in [2.45, 2.75) is 45.7 Å². The van der Waals surface area contributed by atoms with Crippen LogP contribution in [0.4, 0.5) is 0 Å². The summed E-state index contributed by atoms with van der Waals surface area (Å²) in [5.41, 5.74) is 1.37. The highest BCUT2D eigenvalue weighted by molar-refractivity contribution is 5.69. The molecule has 0 aliphatic carbocycles. The van der Waals surface area contributed by atoms with Gasteiger partial charge in [0.1, 0.15) is 0 Å². The van der Waals surface area contributed by atoms with Crippen LogP contribution < -0.4 is 0 Å². The Morgan fingerprint density at radius 2 is 1.91 bits per heavy atom. The summed E-state index contributed by atoms with van der Waals surface area (Å²) in [5, 5.41) is 8.86. The number of carbonyl (C=O) groups is 1. The second-order valence-electron chi connectivity index (χ2n) is 6.95. The molecule has 0 aromatic heterocycles. The first-order valence-electron chi connectivity index (χ1n) is 8.76. The van der Waals surface area contributed by atoms with Gasteiger partial charge in [0.15, 0.2) is 0 Å². The topological polar surface area (TPSA) is 43.8 Å². The molecule has 1 N–H and O–H groups in total. The Bertz CT molecular complexity index is 468. The summed E-state index contributed by atoms with van der Waals surface area (Å²) in [6.45, 7) is 8.71. The molecule has 1 aliphatic rings. The van der Waals surface area contributed by atoms with Crippen LogP contribution in [-0.4, -0.2) is 53.1 Å². The van der Waals surface area contributed by atoms with Crippen molar-refractivity contribution in [3.63, 3.8) is 0 Å². The molecule has 4 heteroatoms. The Hall–Kier alpha value is -1.39. The van der Waals surface area contributed by atoms with Crippen LogP contribution in [0, 0.1) is 5.92 Å². The summed E-state index contributed by atoms with van der Waals surface area (Å²) in [7, 11) is 0. The molecular weight excluding hydrogens is 288 g/mol. The molecule has 1 saturated heterocycles. The molecule has 1 aromatic rings. The van der Waals surface area contributed by atoms with Gasteiger partial charge in [-0.05, 0) is 64.2 Å². The van der Waals surface area contributed by atoms with Crippen LogP contribution in [0.2, 0.25) is 0 Å². The molecule has 128 valence electrons. The molecular formula is C19H30N2O2. The first-order valence-corrected chi connectivity index (χ1v) is 8.76. The number of nitrogens with zero attached hydrogens (tertiary/aromatic N) is 2. The van der Waals surface area contributed by atoms with Gasteiger partial charge in [0.2, 0.25) is 0 Å². The lowest BCUT2D eigenvalue weighted by Crippen LogP contribution is -2.38. The van der Waals surface area contributed by atoms with Crippen LogP contribution in [0.1, 0.15) is 38.7 Å². The number of hydrogen-bond donors (Lipinski definition) is 1. The second-order valence-corrected chi connectivity index (χ2v) is 6.95. The lowest BCUT2D eigenvalue weighted by molar-refractivity contribution is -0.138. The van der Waals surface area contributed by atoms with E-state index >= 15 is 0 Å². The number of likely N-dealkylation sites (tertiary alicyclic amines) is 1. The monoisotopic (exact) mass is 318 g/mol. The SMILES string of the molecule is CC(C)N(CCC1CCN(CC(=O)O)CC1)Cc1ccccc1. The molecule has 23 heavy (non-hydrogen) atoms. The van der Waals surface area contributed by atoms with Crippen molar-refractivity contribution in [3.8, 4) is 0 Å². The summed E-state index contributed by atoms with van der Waals surface area (Å²) < 4.78 is 0. The van der Waals surface area contributed by atoms with E-state index in [0.717, 1.165) is 44.9 Å². The minimum atomic E-state index is -0.711. The van der Waals surface area contributed by atoms with E-state index in [-0.39, 0.29) is 6.54 Å². The quantitative estimate of drug-likeness (QED) is 0.800. The molecule has 1 heterocycles. The summed E-state index contributed by atoms with van der Waals surface area (Å²) in [4.78, 5) is 15.4. The zero-order valence-electron chi connectivity index (χ0n) is 14.4. The van der Waals surface area contributed by atoms with Crippen LogP contribution in [-0.2, 0) is 11.3 Å². The zero-order valence-corrected chi connectivity index (χ0v) is 14.4. The van der Waals surface area contributed by atoms with Gasteiger partial charge in [-0.15, -0.1) is 0 Å². The largest absolute Gasteiger partial charge is 0.480 e. The van der Waals surface area contributed by atoms with Crippen molar-refractivity contribution in [2.75, 3.05) is 26.2 Å². The van der Waals surface area contributed by atoms with E-state index in [1.165, 1.54) is 12.0 Å². The number of aliphatic carboxylic acids is 1. The minimum absolute atomic E-state index is 0.193. The Balaban J connectivity index is 1.75. The Kier molecular flexibility index (Phi) is 7.06. The summed E-state index contributed by atoms with van der Waals surface area (Å²) in [5.74, 6) is 0.0226. The molecule has 1 fully saturated rings. The number of rotatable bonds is 8. The van der Waals surface area contributed by atoms with Crippen LogP contribution in [0.15, 0.2) is 30.3 Å². The molecule has 0 atom stereocenters. The average molecular weight is 318 g/mol. The first kappa shape index (κ1) is 18.0. The maximum atomic E-state index is 10.8. The van der Waals surface area contributed by atoms with Crippen molar-refractivity contribution in [1.82, 2.24) is 9.80 Å². The molecule has 0 unspecified atom stereocenters. The molecule has 4 nitrogen and oxygen atoms in total. The maximum absolute atomic E-state index is 10.8. The van der Waals surface area contributed by atoms with E-state index in [2.05, 4.69) is 54.0 Å². The average Bonchev–Trinajstić information content (AvgIpc) is 2.53. The minimum Gasteiger partial charge on any atom is -0.480 e. The van der Waals surface area contributed by atoms with Crippen molar-refractivity contribution < 1.29 is 9.90 Å². The Labute approximate surface area is 140 Å². The van der Waals surface area contributed by atoms with Gasteiger partial charge in [-0.1, -0.05) is 30.3 Å². The van der Waals surface area contributed by atoms with E-state index in [1.54, 1.807) is 0 Å². The van der Waals surface area contributed by atoms with Gasteiger partial charge < -0.3 is 5.11 Å². The molecule has 0 saturated carbocycles. The van der Waals surface area contributed by atoms with Crippen LogP contribution in [0.3, 0.4) is 0 Å². The smallest absolute Gasteiger partial charge is 0.317 e. The Morgan fingerprint density at radius 3 is 2.48 bits per heavy atom. The standard InChI is InChI=1S/C19H30N2O2/c1-16(2)21(14-18-6-4-3-5-7-18)13-10-17-8-11-20(12-9-17)15-19(22)23/h3-7,16-17H,8-15H2,1-2H3,(H,22,23). The highest BCUT2D eigenvalue weighted by Gasteiger charge is 2.21. The maximum Gasteiger partial charge on any atom is 0.317 e. The Morgan fingerprint density at radius 1 is 1.26 bits per heavy atom. The van der Waals surface area contributed by atoms with E-state index < -0.39 is 5.97 Å². The first-order chi connectivity index (χ1) is 11.0. The number of piperidine rings is 1. The van der Waals surface area contributed by atoms with Crippen LogP contribution in [0.25, 0.3) is 0 Å². The predicted octanol–water partition coefficient (Wildman–Crippen LogP) is 3.08. The van der Waals surface area contributed by atoms with Crippen molar-refractivity contribution in [3.05, 3.63) is 35.9 Å². The number of benzene rings is 1.